The zero-order chi connectivity index (χ0) is 14.8. The number of hydrogen-bond acceptors (Lipinski definition) is 2. The first kappa shape index (κ1) is 14.4. The van der Waals surface area contributed by atoms with Gasteiger partial charge < -0.3 is 15.7 Å². The Morgan fingerprint density at radius 2 is 1.90 bits per heavy atom. The molecule has 108 valence electrons. The molecule has 1 aromatic rings. The molecule has 3 N–H and O–H groups in total. The zero-order valence-electron chi connectivity index (χ0n) is 11.8. The molecule has 1 saturated carbocycles. The van der Waals surface area contributed by atoms with E-state index in [1.807, 2.05) is 0 Å². The maximum absolute atomic E-state index is 11.9. The van der Waals surface area contributed by atoms with Crippen molar-refractivity contribution in [1.82, 2.24) is 5.32 Å². The van der Waals surface area contributed by atoms with Gasteiger partial charge in [0.25, 0.3) is 0 Å². The van der Waals surface area contributed by atoms with Gasteiger partial charge in [0.15, 0.2) is 0 Å². The highest BCUT2D eigenvalue weighted by atomic mass is 16.4. The van der Waals surface area contributed by atoms with E-state index in [-0.39, 0.29) is 23.1 Å². The molecule has 2 amide bonds. The van der Waals surface area contributed by atoms with Gasteiger partial charge in [-0.1, -0.05) is 20.3 Å². The molecule has 2 rings (SSSR count). The van der Waals surface area contributed by atoms with Crippen LogP contribution in [0, 0.1) is 5.41 Å². The van der Waals surface area contributed by atoms with Crippen molar-refractivity contribution >= 4 is 17.7 Å². The number of carboxylic acid groups (broad SMARTS) is 1. The number of carboxylic acids is 1. The SMILES string of the molecule is CC1(C)CCCC1NC(=O)Nc1ccc(C(=O)O)cc1. The van der Waals surface area contributed by atoms with Crippen molar-refractivity contribution in [2.45, 2.75) is 39.2 Å². The van der Waals surface area contributed by atoms with Crippen molar-refractivity contribution in [2.24, 2.45) is 5.41 Å². The summed E-state index contributed by atoms with van der Waals surface area (Å²) in [5, 5.41) is 14.5. The van der Waals surface area contributed by atoms with Crippen LogP contribution in [0.1, 0.15) is 43.5 Å². The normalized spacial score (nSPS) is 20.4. The summed E-state index contributed by atoms with van der Waals surface area (Å²) in [6, 6.07) is 6.05. The summed E-state index contributed by atoms with van der Waals surface area (Å²) in [6.07, 6.45) is 3.24. The molecule has 1 aliphatic rings. The quantitative estimate of drug-likeness (QED) is 0.793. The van der Waals surface area contributed by atoms with Gasteiger partial charge in [0.2, 0.25) is 0 Å². The highest BCUT2D eigenvalue weighted by molar-refractivity contribution is 5.91. The Balaban J connectivity index is 1.93. The predicted octanol–water partition coefficient (Wildman–Crippen LogP) is 3.09. The fraction of sp³-hybridized carbons (Fsp3) is 0.467. The van der Waals surface area contributed by atoms with Gasteiger partial charge in [0.1, 0.15) is 0 Å². The zero-order valence-corrected chi connectivity index (χ0v) is 11.8. The first-order valence-corrected chi connectivity index (χ1v) is 6.79. The van der Waals surface area contributed by atoms with Crippen LogP contribution in [0.2, 0.25) is 0 Å². The molecule has 0 saturated heterocycles. The Labute approximate surface area is 118 Å². The van der Waals surface area contributed by atoms with Crippen molar-refractivity contribution in [2.75, 3.05) is 5.32 Å². The molecule has 0 aromatic heterocycles. The van der Waals surface area contributed by atoms with Gasteiger partial charge in [-0.2, -0.15) is 0 Å². The van der Waals surface area contributed by atoms with Gasteiger partial charge in [-0.25, -0.2) is 9.59 Å². The smallest absolute Gasteiger partial charge is 0.335 e. The van der Waals surface area contributed by atoms with Crippen molar-refractivity contribution in [3.05, 3.63) is 29.8 Å². The summed E-state index contributed by atoms with van der Waals surface area (Å²) in [4.78, 5) is 22.7. The fourth-order valence-corrected chi connectivity index (χ4v) is 2.62. The molecule has 1 aliphatic carbocycles. The standard InChI is InChI=1S/C15H20N2O3/c1-15(2)9-3-4-12(15)17-14(20)16-11-7-5-10(6-8-11)13(18)19/h5-8,12H,3-4,9H2,1-2H3,(H,18,19)(H2,16,17,20). The molecule has 0 bridgehead atoms. The second kappa shape index (κ2) is 5.53. The van der Waals surface area contributed by atoms with Crippen molar-refractivity contribution < 1.29 is 14.7 Å². The maximum Gasteiger partial charge on any atom is 0.335 e. The van der Waals surface area contributed by atoms with Crippen molar-refractivity contribution in [3.8, 4) is 0 Å². The molecule has 1 unspecified atom stereocenters. The number of nitrogens with one attached hydrogen (secondary N) is 2. The van der Waals surface area contributed by atoms with Crippen LogP contribution in [0.4, 0.5) is 10.5 Å². The van der Waals surface area contributed by atoms with Crippen LogP contribution in [0.3, 0.4) is 0 Å². The lowest BCUT2D eigenvalue weighted by Gasteiger charge is -2.27. The minimum Gasteiger partial charge on any atom is -0.478 e. The summed E-state index contributed by atoms with van der Waals surface area (Å²) in [7, 11) is 0. The molecule has 0 radical (unpaired) electrons. The molecule has 0 spiro atoms. The van der Waals surface area contributed by atoms with Crippen LogP contribution in [0.15, 0.2) is 24.3 Å². The van der Waals surface area contributed by atoms with Crippen molar-refractivity contribution in [1.29, 1.82) is 0 Å². The number of rotatable bonds is 3. The minimum atomic E-state index is -0.978. The van der Waals surface area contributed by atoms with E-state index in [1.54, 1.807) is 12.1 Å². The molecule has 1 atom stereocenters. The van der Waals surface area contributed by atoms with Crippen LogP contribution < -0.4 is 10.6 Å². The summed E-state index contributed by atoms with van der Waals surface area (Å²) in [5.74, 6) is -0.978. The Morgan fingerprint density at radius 1 is 1.25 bits per heavy atom. The largest absolute Gasteiger partial charge is 0.478 e. The van der Waals surface area contributed by atoms with Gasteiger partial charge in [0, 0.05) is 11.7 Å². The van der Waals surface area contributed by atoms with Crippen molar-refractivity contribution in [3.63, 3.8) is 0 Å². The predicted molar refractivity (Wildman–Crippen MR) is 77.0 cm³/mol. The van der Waals surface area contributed by atoms with Gasteiger partial charge in [0.05, 0.1) is 5.56 Å². The number of urea groups is 1. The molecule has 5 nitrogen and oxygen atoms in total. The Hall–Kier alpha value is -2.04. The van der Waals surface area contributed by atoms with Crippen LogP contribution in [0.25, 0.3) is 0 Å². The third-order valence-corrected chi connectivity index (χ3v) is 3.95. The average molecular weight is 276 g/mol. The fourth-order valence-electron chi connectivity index (χ4n) is 2.62. The van der Waals surface area contributed by atoms with E-state index in [0.29, 0.717) is 5.69 Å². The number of carbonyl (C=O) groups excluding carboxylic acids is 1. The van der Waals surface area contributed by atoms with Gasteiger partial charge in [-0.3, -0.25) is 0 Å². The Bertz CT molecular complexity index is 508. The molecule has 1 aromatic carbocycles. The lowest BCUT2D eigenvalue weighted by Crippen LogP contribution is -2.43. The number of benzene rings is 1. The highest BCUT2D eigenvalue weighted by Crippen LogP contribution is 2.37. The molecule has 0 aliphatic heterocycles. The topological polar surface area (TPSA) is 78.4 Å². The lowest BCUT2D eigenvalue weighted by atomic mass is 9.87. The van der Waals surface area contributed by atoms with E-state index in [1.165, 1.54) is 12.1 Å². The highest BCUT2D eigenvalue weighted by Gasteiger charge is 2.35. The van der Waals surface area contributed by atoms with E-state index in [4.69, 9.17) is 5.11 Å². The van der Waals surface area contributed by atoms with Crippen LogP contribution in [-0.4, -0.2) is 23.1 Å². The van der Waals surface area contributed by atoms with E-state index in [0.717, 1.165) is 19.3 Å². The average Bonchev–Trinajstić information content (AvgIpc) is 2.69. The third-order valence-electron chi connectivity index (χ3n) is 3.95. The minimum absolute atomic E-state index is 0.129. The second-order valence-electron chi connectivity index (χ2n) is 5.91. The molecular formula is C15H20N2O3. The number of anilines is 1. The van der Waals surface area contributed by atoms with Crippen LogP contribution >= 0.6 is 0 Å². The molecule has 1 fully saturated rings. The van der Waals surface area contributed by atoms with E-state index in [9.17, 15) is 9.59 Å². The Morgan fingerprint density at radius 3 is 2.40 bits per heavy atom. The van der Waals surface area contributed by atoms with Gasteiger partial charge >= 0.3 is 12.0 Å². The first-order chi connectivity index (χ1) is 9.38. The van der Waals surface area contributed by atoms with E-state index >= 15 is 0 Å². The number of hydrogen-bond donors (Lipinski definition) is 3. The van der Waals surface area contributed by atoms with Gasteiger partial charge in [-0.15, -0.1) is 0 Å². The lowest BCUT2D eigenvalue weighted by molar-refractivity contribution is 0.0697. The maximum atomic E-state index is 11.9. The monoisotopic (exact) mass is 276 g/mol. The first-order valence-electron chi connectivity index (χ1n) is 6.79. The second-order valence-corrected chi connectivity index (χ2v) is 5.91. The molecule has 5 heteroatoms. The van der Waals surface area contributed by atoms with Crippen LogP contribution in [0.5, 0.6) is 0 Å². The number of carbonyl (C=O) groups is 2. The summed E-state index contributed by atoms with van der Waals surface area (Å²) >= 11 is 0. The summed E-state index contributed by atoms with van der Waals surface area (Å²) in [5.41, 5.74) is 0.918. The molecule has 0 heterocycles. The number of aromatic carboxylic acids is 1. The molecule has 20 heavy (non-hydrogen) atoms. The van der Waals surface area contributed by atoms with E-state index < -0.39 is 5.97 Å². The van der Waals surface area contributed by atoms with Gasteiger partial charge in [-0.05, 0) is 42.5 Å². The summed E-state index contributed by atoms with van der Waals surface area (Å²) in [6.45, 7) is 4.32. The molecular weight excluding hydrogens is 256 g/mol. The number of amides is 2. The summed E-state index contributed by atoms with van der Waals surface area (Å²) < 4.78 is 0. The third kappa shape index (κ3) is 3.29. The van der Waals surface area contributed by atoms with E-state index in [2.05, 4.69) is 24.5 Å². The van der Waals surface area contributed by atoms with Crippen LogP contribution in [-0.2, 0) is 0 Å². The Kier molecular flexibility index (Phi) is 3.97.